The number of rotatable bonds is 5. The van der Waals surface area contributed by atoms with Crippen LogP contribution < -0.4 is 0 Å². The molecular formula is C14H26NO. The molecule has 2 aliphatic rings. The lowest BCUT2D eigenvalue weighted by atomic mass is 10.0. The summed E-state index contributed by atoms with van der Waals surface area (Å²) in [5, 5.41) is 0. The fourth-order valence-corrected chi connectivity index (χ4v) is 2.65. The molecule has 1 saturated heterocycles. The minimum absolute atomic E-state index is 0.0640. The summed E-state index contributed by atoms with van der Waals surface area (Å²) < 4.78 is 5.93. The van der Waals surface area contributed by atoms with Gasteiger partial charge in [0.25, 0.3) is 0 Å². The molecule has 0 N–H and O–H groups in total. The molecule has 93 valence electrons. The average Bonchev–Trinajstić information content (AvgIpc) is 2.94. The zero-order chi connectivity index (χ0) is 11.8. The van der Waals surface area contributed by atoms with E-state index in [-0.39, 0.29) is 5.72 Å². The highest BCUT2D eigenvalue weighted by Gasteiger charge is 2.40. The first-order chi connectivity index (χ1) is 7.49. The molecule has 0 unspecified atom stereocenters. The van der Waals surface area contributed by atoms with E-state index in [1.165, 1.54) is 31.6 Å². The van der Waals surface area contributed by atoms with Gasteiger partial charge in [-0.15, -0.1) is 0 Å². The summed E-state index contributed by atoms with van der Waals surface area (Å²) in [7, 11) is 0. The Morgan fingerprint density at radius 1 is 1.25 bits per heavy atom. The van der Waals surface area contributed by atoms with E-state index in [4.69, 9.17) is 4.74 Å². The molecule has 1 aliphatic heterocycles. The van der Waals surface area contributed by atoms with Gasteiger partial charge in [0.05, 0.1) is 6.61 Å². The van der Waals surface area contributed by atoms with Crippen molar-refractivity contribution in [3.8, 4) is 0 Å². The van der Waals surface area contributed by atoms with Gasteiger partial charge in [-0.25, -0.2) is 0 Å². The van der Waals surface area contributed by atoms with Gasteiger partial charge in [-0.05, 0) is 38.5 Å². The van der Waals surface area contributed by atoms with Gasteiger partial charge in [0.15, 0.2) is 0 Å². The average molecular weight is 224 g/mol. The molecule has 0 aromatic heterocycles. The third-order valence-electron chi connectivity index (χ3n) is 3.85. The first kappa shape index (κ1) is 12.4. The second kappa shape index (κ2) is 4.66. The van der Waals surface area contributed by atoms with Crippen molar-refractivity contribution in [2.45, 2.75) is 65.1 Å². The summed E-state index contributed by atoms with van der Waals surface area (Å²) in [5.74, 6) is 2.52. The van der Waals surface area contributed by atoms with Gasteiger partial charge >= 0.3 is 0 Å². The molecule has 16 heavy (non-hydrogen) atoms. The molecular weight excluding hydrogens is 198 g/mol. The number of hydrogen-bond donors (Lipinski definition) is 0. The van der Waals surface area contributed by atoms with Gasteiger partial charge < -0.3 is 4.74 Å². The normalized spacial score (nSPS) is 30.2. The van der Waals surface area contributed by atoms with Gasteiger partial charge in [0, 0.05) is 12.6 Å². The third-order valence-corrected chi connectivity index (χ3v) is 3.85. The SMILES string of the molecule is C[C](C)CN1[C@@H](CCC2CC2)COC1(C)C. The van der Waals surface area contributed by atoms with Gasteiger partial charge in [0.2, 0.25) is 0 Å². The van der Waals surface area contributed by atoms with Crippen LogP contribution in [0.5, 0.6) is 0 Å². The van der Waals surface area contributed by atoms with Crippen LogP contribution in [0, 0.1) is 11.8 Å². The van der Waals surface area contributed by atoms with Crippen LogP contribution in [0.25, 0.3) is 0 Å². The third kappa shape index (κ3) is 2.98. The number of nitrogens with zero attached hydrogens (tertiary/aromatic N) is 1. The standard InChI is InChI=1S/C14H26NO/c1-11(2)9-15-13(8-7-12-5-6-12)10-16-14(15,3)4/h12-13H,5-10H2,1-4H3/t13-/m0/s1. The van der Waals surface area contributed by atoms with E-state index in [1.54, 1.807) is 0 Å². The van der Waals surface area contributed by atoms with Gasteiger partial charge in [-0.2, -0.15) is 0 Å². The monoisotopic (exact) mass is 224 g/mol. The van der Waals surface area contributed by atoms with Crippen molar-refractivity contribution < 1.29 is 4.74 Å². The maximum atomic E-state index is 5.93. The lowest BCUT2D eigenvalue weighted by Gasteiger charge is -2.34. The zero-order valence-electron chi connectivity index (χ0n) is 11.3. The Morgan fingerprint density at radius 3 is 2.50 bits per heavy atom. The molecule has 1 radical (unpaired) electrons. The Morgan fingerprint density at radius 2 is 1.94 bits per heavy atom. The molecule has 2 heteroatoms. The van der Waals surface area contributed by atoms with E-state index >= 15 is 0 Å². The predicted octanol–water partition coefficient (Wildman–Crippen LogP) is 3.23. The molecule has 0 amide bonds. The molecule has 1 atom stereocenters. The van der Waals surface area contributed by atoms with Crippen molar-refractivity contribution in [2.75, 3.05) is 13.2 Å². The van der Waals surface area contributed by atoms with Crippen molar-refractivity contribution in [3.05, 3.63) is 5.92 Å². The molecule has 2 fully saturated rings. The fourth-order valence-electron chi connectivity index (χ4n) is 2.65. The first-order valence-corrected chi connectivity index (χ1v) is 6.69. The molecule has 0 aromatic rings. The summed E-state index contributed by atoms with van der Waals surface area (Å²) in [6, 6.07) is 0.644. The quantitative estimate of drug-likeness (QED) is 0.711. The van der Waals surface area contributed by atoms with Crippen LogP contribution in [-0.4, -0.2) is 29.8 Å². The molecule has 1 aliphatic carbocycles. The summed E-state index contributed by atoms with van der Waals surface area (Å²) in [5.41, 5.74) is -0.0640. The second-order valence-corrected chi connectivity index (χ2v) is 6.27. The molecule has 0 aromatic carbocycles. The molecule has 1 saturated carbocycles. The fraction of sp³-hybridized carbons (Fsp3) is 0.929. The van der Waals surface area contributed by atoms with E-state index in [1.807, 2.05) is 0 Å². The molecule has 2 nitrogen and oxygen atoms in total. The van der Waals surface area contributed by atoms with Crippen LogP contribution in [0.4, 0.5) is 0 Å². The summed E-state index contributed by atoms with van der Waals surface area (Å²) in [4.78, 5) is 2.55. The van der Waals surface area contributed by atoms with Crippen LogP contribution in [0.1, 0.15) is 53.4 Å². The first-order valence-electron chi connectivity index (χ1n) is 6.69. The minimum Gasteiger partial charge on any atom is -0.359 e. The van der Waals surface area contributed by atoms with E-state index in [9.17, 15) is 0 Å². The lowest BCUT2D eigenvalue weighted by Crippen LogP contribution is -2.45. The largest absolute Gasteiger partial charge is 0.359 e. The van der Waals surface area contributed by atoms with E-state index in [0.717, 1.165) is 19.1 Å². The van der Waals surface area contributed by atoms with Crippen molar-refractivity contribution in [2.24, 2.45) is 5.92 Å². The maximum absolute atomic E-state index is 5.93. The molecule has 0 bridgehead atoms. The molecule has 0 spiro atoms. The minimum atomic E-state index is -0.0640. The Hall–Kier alpha value is -0.0800. The van der Waals surface area contributed by atoms with Crippen LogP contribution in [0.3, 0.4) is 0 Å². The lowest BCUT2D eigenvalue weighted by molar-refractivity contribution is -0.0516. The van der Waals surface area contributed by atoms with Crippen LogP contribution >= 0.6 is 0 Å². The second-order valence-electron chi connectivity index (χ2n) is 6.27. The van der Waals surface area contributed by atoms with Gasteiger partial charge in [-0.3, -0.25) is 4.90 Å². The van der Waals surface area contributed by atoms with E-state index < -0.39 is 0 Å². The summed E-state index contributed by atoms with van der Waals surface area (Å²) in [6.07, 6.45) is 5.66. The van der Waals surface area contributed by atoms with Crippen molar-refractivity contribution in [3.63, 3.8) is 0 Å². The smallest absolute Gasteiger partial charge is 0.116 e. The van der Waals surface area contributed by atoms with Crippen molar-refractivity contribution >= 4 is 0 Å². The van der Waals surface area contributed by atoms with E-state index in [0.29, 0.717) is 6.04 Å². The van der Waals surface area contributed by atoms with Gasteiger partial charge in [-0.1, -0.05) is 26.7 Å². The van der Waals surface area contributed by atoms with Gasteiger partial charge in [0.1, 0.15) is 5.72 Å². The van der Waals surface area contributed by atoms with Crippen molar-refractivity contribution in [1.29, 1.82) is 0 Å². The van der Waals surface area contributed by atoms with Crippen LogP contribution in [0.15, 0.2) is 0 Å². The summed E-state index contributed by atoms with van der Waals surface area (Å²) >= 11 is 0. The zero-order valence-corrected chi connectivity index (χ0v) is 11.3. The van der Waals surface area contributed by atoms with Crippen LogP contribution in [0.2, 0.25) is 0 Å². The Labute approximate surface area is 100 Å². The van der Waals surface area contributed by atoms with Crippen LogP contribution in [-0.2, 0) is 4.74 Å². The predicted molar refractivity (Wildman–Crippen MR) is 67.1 cm³/mol. The number of hydrogen-bond acceptors (Lipinski definition) is 2. The Kier molecular flexibility index (Phi) is 3.60. The van der Waals surface area contributed by atoms with Crippen molar-refractivity contribution in [1.82, 2.24) is 4.90 Å². The van der Waals surface area contributed by atoms with E-state index in [2.05, 4.69) is 32.6 Å². The number of ether oxygens (including phenoxy) is 1. The maximum Gasteiger partial charge on any atom is 0.116 e. The Bertz CT molecular complexity index is 233. The summed E-state index contributed by atoms with van der Waals surface area (Å²) in [6.45, 7) is 10.8. The topological polar surface area (TPSA) is 12.5 Å². The highest BCUT2D eigenvalue weighted by molar-refractivity contribution is 4.94. The molecule has 2 rings (SSSR count). The Balaban J connectivity index is 1.88. The molecule has 1 heterocycles. The highest BCUT2D eigenvalue weighted by Crippen LogP contribution is 2.37. The highest BCUT2D eigenvalue weighted by atomic mass is 16.5.